The highest BCUT2D eigenvalue weighted by molar-refractivity contribution is 5.23. The van der Waals surface area contributed by atoms with Crippen LogP contribution in [0.3, 0.4) is 0 Å². The third kappa shape index (κ3) is 6.04. The van der Waals surface area contributed by atoms with Crippen LogP contribution in [-0.4, -0.2) is 65.8 Å². The van der Waals surface area contributed by atoms with E-state index >= 15 is 0 Å². The van der Waals surface area contributed by atoms with Gasteiger partial charge in [0.05, 0.1) is 18.8 Å². The molecule has 2 fully saturated rings. The van der Waals surface area contributed by atoms with E-state index in [1.807, 2.05) is 6.07 Å². The molecule has 2 N–H and O–H groups in total. The van der Waals surface area contributed by atoms with Gasteiger partial charge in [-0.1, -0.05) is 36.4 Å². The van der Waals surface area contributed by atoms with Gasteiger partial charge in [-0.3, -0.25) is 4.90 Å². The lowest BCUT2D eigenvalue weighted by molar-refractivity contribution is -0.0766. The van der Waals surface area contributed by atoms with Crippen LogP contribution < -0.4 is 4.74 Å². The van der Waals surface area contributed by atoms with E-state index in [1.165, 1.54) is 17.7 Å². The Morgan fingerprint density at radius 2 is 1.81 bits per heavy atom. The van der Waals surface area contributed by atoms with Crippen LogP contribution in [0.25, 0.3) is 0 Å². The smallest absolute Gasteiger partial charge is 0.134 e. The van der Waals surface area contributed by atoms with Gasteiger partial charge < -0.3 is 19.7 Å². The highest BCUT2D eigenvalue weighted by Crippen LogP contribution is 2.38. The van der Waals surface area contributed by atoms with E-state index in [0.29, 0.717) is 37.9 Å². The molecule has 0 radical (unpaired) electrons. The molecule has 168 valence electrons. The Kier molecular flexibility index (Phi) is 6.92. The maximum atomic E-state index is 13.4. The van der Waals surface area contributed by atoms with Gasteiger partial charge in [0.2, 0.25) is 0 Å². The van der Waals surface area contributed by atoms with Gasteiger partial charge in [0, 0.05) is 25.7 Å². The standard InChI is InChI=1S/C25H32FNO4/c26-22-7-4-8-23(15-22)31-19-25(29)17-27(13-14-30-18-25)16-24(28)11-9-21(10-12-24)20-5-2-1-3-6-20/h1-8,15,21,28-29H,9-14,16-19H2. The van der Waals surface area contributed by atoms with Crippen LogP contribution in [-0.2, 0) is 4.74 Å². The van der Waals surface area contributed by atoms with E-state index in [4.69, 9.17) is 9.47 Å². The molecule has 2 aromatic carbocycles. The average Bonchev–Trinajstić information content (AvgIpc) is 2.94. The van der Waals surface area contributed by atoms with Crippen molar-refractivity contribution in [3.05, 3.63) is 66.0 Å². The van der Waals surface area contributed by atoms with Crippen molar-refractivity contribution < 1.29 is 24.1 Å². The van der Waals surface area contributed by atoms with Crippen molar-refractivity contribution in [1.29, 1.82) is 0 Å². The summed E-state index contributed by atoms with van der Waals surface area (Å²) >= 11 is 0. The lowest BCUT2D eigenvalue weighted by atomic mass is 9.76. The molecule has 1 atom stereocenters. The van der Waals surface area contributed by atoms with E-state index in [0.717, 1.165) is 25.7 Å². The SMILES string of the molecule is OC1(CN2CCOCC(O)(COc3cccc(F)c3)C2)CCC(c2ccccc2)CC1. The highest BCUT2D eigenvalue weighted by atomic mass is 19.1. The first-order valence-electron chi connectivity index (χ1n) is 11.1. The lowest BCUT2D eigenvalue weighted by Gasteiger charge is -2.40. The van der Waals surface area contributed by atoms with E-state index in [2.05, 4.69) is 29.2 Å². The summed E-state index contributed by atoms with van der Waals surface area (Å²) in [5, 5.41) is 22.3. The Morgan fingerprint density at radius 3 is 2.55 bits per heavy atom. The molecule has 0 aromatic heterocycles. The number of hydrogen-bond acceptors (Lipinski definition) is 5. The third-order valence-electron chi connectivity index (χ3n) is 6.45. The van der Waals surface area contributed by atoms with Crippen molar-refractivity contribution in [3.8, 4) is 5.75 Å². The van der Waals surface area contributed by atoms with Crippen molar-refractivity contribution in [2.24, 2.45) is 0 Å². The number of ether oxygens (including phenoxy) is 2. The predicted octanol–water partition coefficient (Wildman–Crippen LogP) is 3.36. The average molecular weight is 430 g/mol. The van der Waals surface area contributed by atoms with Gasteiger partial charge in [-0.2, -0.15) is 0 Å². The Labute approximate surface area is 183 Å². The second-order valence-corrected chi connectivity index (χ2v) is 9.14. The van der Waals surface area contributed by atoms with Crippen LogP contribution in [0.5, 0.6) is 5.75 Å². The quantitative estimate of drug-likeness (QED) is 0.737. The monoisotopic (exact) mass is 429 g/mol. The summed E-state index contributed by atoms with van der Waals surface area (Å²) < 4.78 is 24.7. The highest BCUT2D eigenvalue weighted by Gasteiger charge is 2.39. The molecule has 4 rings (SSSR count). The van der Waals surface area contributed by atoms with Crippen LogP contribution >= 0.6 is 0 Å². The Balaban J connectivity index is 1.33. The summed E-state index contributed by atoms with van der Waals surface area (Å²) in [6, 6.07) is 16.4. The second kappa shape index (κ2) is 9.65. The van der Waals surface area contributed by atoms with Crippen molar-refractivity contribution in [2.75, 3.05) is 39.5 Å². The first-order chi connectivity index (χ1) is 14.9. The first kappa shape index (κ1) is 22.2. The molecule has 1 aliphatic carbocycles. The van der Waals surface area contributed by atoms with Gasteiger partial charge >= 0.3 is 0 Å². The molecule has 31 heavy (non-hydrogen) atoms. The van der Waals surface area contributed by atoms with Crippen molar-refractivity contribution >= 4 is 0 Å². The fraction of sp³-hybridized carbons (Fsp3) is 0.520. The molecule has 1 saturated carbocycles. The predicted molar refractivity (Wildman–Crippen MR) is 117 cm³/mol. The van der Waals surface area contributed by atoms with E-state index in [1.54, 1.807) is 12.1 Å². The Morgan fingerprint density at radius 1 is 1.03 bits per heavy atom. The van der Waals surface area contributed by atoms with Crippen LogP contribution in [0, 0.1) is 5.82 Å². The normalized spacial score (nSPS) is 30.0. The number of aliphatic hydroxyl groups is 2. The van der Waals surface area contributed by atoms with Gasteiger partial charge in [-0.05, 0) is 49.3 Å². The minimum atomic E-state index is -1.22. The Bertz CT molecular complexity index is 840. The molecule has 1 heterocycles. The number of halogens is 1. The van der Waals surface area contributed by atoms with Crippen LogP contribution in [0.1, 0.15) is 37.2 Å². The first-order valence-corrected chi connectivity index (χ1v) is 11.1. The lowest BCUT2D eigenvalue weighted by Crippen LogP contribution is -2.53. The van der Waals surface area contributed by atoms with Gasteiger partial charge in [0.25, 0.3) is 0 Å². The number of hydrogen-bond donors (Lipinski definition) is 2. The zero-order valence-corrected chi connectivity index (χ0v) is 17.9. The molecule has 6 heteroatoms. The molecule has 1 aliphatic heterocycles. The van der Waals surface area contributed by atoms with Gasteiger partial charge in [-0.15, -0.1) is 0 Å². The molecule has 0 bridgehead atoms. The minimum absolute atomic E-state index is 0.00145. The van der Waals surface area contributed by atoms with E-state index in [9.17, 15) is 14.6 Å². The number of nitrogens with zero attached hydrogens (tertiary/aromatic N) is 1. The van der Waals surface area contributed by atoms with Crippen LogP contribution in [0.15, 0.2) is 54.6 Å². The van der Waals surface area contributed by atoms with Crippen LogP contribution in [0.4, 0.5) is 4.39 Å². The molecule has 1 saturated heterocycles. The fourth-order valence-corrected chi connectivity index (χ4v) is 4.78. The second-order valence-electron chi connectivity index (χ2n) is 9.14. The van der Waals surface area contributed by atoms with Gasteiger partial charge in [-0.25, -0.2) is 4.39 Å². The van der Waals surface area contributed by atoms with Crippen LogP contribution in [0.2, 0.25) is 0 Å². The number of benzene rings is 2. The minimum Gasteiger partial charge on any atom is -0.490 e. The maximum absolute atomic E-state index is 13.4. The molecule has 1 unspecified atom stereocenters. The Hall–Kier alpha value is -1.99. The number of rotatable bonds is 6. The molecule has 2 aliphatic rings. The zero-order chi connectivity index (χ0) is 21.7. The molecule has 0 spiro atoms. The topological polar surface area (TPSA) is 62.2 Å². The molecular formula is C25H32FNO4. The van der Waals surface area contributed by atoms with E-state index < -0.39 is 11.2 Å². The van der Waals surface area contributed by atoms with Crippen molar-refractivity contribution in [1.82, 2.24) is 4.90 Å². The van der Waals surface area contributed by atoms with E-state index in [-0.39, 0.29) is 19.0 Å². The molecule has 2 aromatic rings. The van der Waals surface area contributed by atoms with Crippen molar-refractivity contribution in [3.63, 3.8) is 0 Å². The fourth-order valence-electron chi connectivity index (χ4n) is 4.78. The summed E-state index contributed by atoms with van der Waals surface area (Å²) in [4.78, 5) is 2.07. The molecule has 0 amide bonds. The summed E-state index contributed by atoms with van der Waals surface area (Å²) in [7, 11) is 0. The maximum Gasteiger partial charge on any atom is 0.134 e. The van der Waals surface area contributed by atoms with Gasteiger partial charge in [0.1, 0.15) is 23.8 Å². The zero-order valence-electron chi connectivity index (χ0n) is 17.9. The summed E-state index contributed by atoms with van der Waals surface area (Å²) in [5.41, 5.74) is -0.642. The largest absolute Gasteiger partial charge is 0.490 e. The summed E-state index contributed by atoms with van der Waals surface area (Å²) in [6.07, 6.45) is 3.39. The summed E-state index contributed by atoms with van der Waals surface area (Å²) in [5.74, 6) is 0.490. The molecular weight excluding hydrogens is 397 g/mol. The third-order valence-corrected chi connectivity index (χ3v) is 6.45. The molecule has 5 nitrogen and oxygen atoms in total. The summed E-state index contributed by atoms with van der Waals surface area (Å²) in [6.45, 7) is 2.12. The van der Waals surface area contributed by atoms with Gasteiger partial charge in [0.15, 0.2) is 0 Å². The number of β-amino-alcohol motifs (C(OH)–C–C–N with tert-alkyl or cyclic N) is 2. The van der Waals surface area contributed by atoms with Crippen molar-refractivity contribution in [2.45, 2.75) is 42.8 Å².